The van der Waals surface area contributed by atoms with Crippen LogP contribution in [0.15, 0.2) is 0 Å². The van der Waals surface area contributed by atoms with Crippen molar-refractivity contribution < 1.29 is 9.59 Å². The van der Waals surface area contributed by atoms with Crippen LogP contribution in [0.5, 0.6) is 0 Å². The van der Waals surface area contributed by atoms with Gasteiger partial charge < -0.3 is 15.1 Å². The summed E-state index contributed by atoms with van der Waals surface area (Å²) in [4.78, 5) is 28.0. The molecule has 19 heavy (non-hydrogen) atoms. The largest absolute Gasteiger partial charge is 0.344 e. The average Bonchev–Trinajstić information content (AvgIpc) is 2.38. The summed E-state index contributed by atoms with van der Waals surface area (Å²) < 4.78 is 0. The molecule has 1 heterocycles. The topological polar surface area (TPSA) is 52.7 Å². The number of likely N-dealkylation sites (tertiary alicyclic amines) is 1. The van der Waals surface area contributed by atoms with Gasteiger partial charge in [-0.3, -0.25) is 9.59 Å². The highest BCUT2D eigenvalue weighted by Crippen LogP contribution is 2.16. The van der Waals surface area contributed by atoms with Gasteiger partial charge in [0.2, 0.25) is 11.8 Å². The van der Waals surface area contributed by atoms with Crippen molar-refractivity contribution in [3.63, 3.8) is 0 Å². The standard InChI is InChI=1S/C14H27N3O2/c1-6-16(5)13(18)11(4)17-9-7-8-12(14(17)19)15-10(2)3/h10-12,15H,6-9H2,1-5H3. The maximum absolute atomic E-state index is 12.4. The van der Waals surface area contributed by atoms with Gasteiger partial charge >= 0.3 is 0 Å². The molecule has 1 N–H and O–H groups in total. The third-order valence-corrected chi connectivity index (χ3v) is 3.68. The number of carbonyl (C=O) groups excluding carboxylic acids is 2. The molecule has 1 saturated heterocycles. The Labute approximate surface area is 116 Å². The van der Waals surface area contributed by atoms with Crippen LogP contribution in [0.2, 0.25) is 0 Å². The minimum atomic E-state index is -0.366. The van der Waals surface area contributed by atoms with Gasteiger partial charge in [-0.1, -0.05) is 13.8 Å². The summed E-state index contributed by atoms with van der Waals surface area (Å²) in [5.74, 6) is 0.0753. The number of hydrogen-bond donors (Lipinski definition) is 1. The van der Waals surface area contributed by atoms with Gasteiger partial charge in [0, 0.05) is 26.2 Å². The third kappa shape index (κ3) is 3.93. The van der Waals surface area contributed by atoms with E-state index in [4.69, 9.17) is 0 Å². The first kappa shape index (κ1) is 16.0. The van der Waals surface area contributed by atoms with Crippen molar-refractivity contribution in [2.75, 3.05) is 20.1 Å². The summed E-state index contributed by atoms with van der Waals surface area (Å²) in [7, 11) is 1.77. The Hall–Kier alpha value is -1.10. The summed E-state index contributed by atoms with van der Waals surface area (Å²) >= 11 is 0. The summed E-state index contributed by atoms with van der Waals surface area (Å²) in [6.07, 6.45) is 1.81. The monoisotopic (exact) mass is 269 g/mol. The molecule has 5 heteroatoms. The SMILES string of the molecule is CCN(C)C(=O)C(C)N1CCCC(NC(C)C)C1=O. The second kappa shape index (κ2) is 6.89. The fourth-order valence-electron chi connectivity index (χ4n) is 2.45. The van der Waals surface area contributed by atoms with Crippen LogP contribution in [0.3, 0.4) is 0 Å². The van der Waals surface area contributed by atoms with E-state index >= 15 is 0 Å². The predicted molar refractivity (Wildman–Crippen MR) is 75.8 cm³/mol. The minimum absolute atomic E-state index is 0.0149. The predicted octanol–water partition coefficient (Wildman–Crippen LogP) is 0.842. The molecule has 0 bridgehead atoms. The molecule has 2 unspecified atom stereocenters. The number of nitrogens with zero attached hydrogens (tertiary/aromatic N) is 2. The van der Waals surface area contributed by atoms with E-state index in [2.05, 4.69) is 5.32 Å². The normalized spacial score (nSPS) is 21.7. The van der Waals surface area contributed by atoms with Crippen LogP contribution in [0.1, 0.15) is 40.5 Å². The highest BCUT2D eigenvalue weighted by atomic mass is 16.2. The summed E-state index contributed by atoms with van der Waals surface area (Å²) in [5, 5.41) is 3.28. The van der Waals surface area contributed by atoms with Crippen molar-refractivity contribution in [3.8, 4) is 0 Å². The molecule has 0 aromatic heterocycles. The van der Waals surface area contributed by atoms with Crippen molar-refractivity contribution in [1.29, 1.82) is 0 Å². The zero-order valence-corrected chi connectivity index (χ0v) is 12.8. The highest BCUT2D eigenvalue weighted by molar-refractivity contribution is 5.90. The Morgan fingerprint density at radius 3 is 2.63 bits per heavy atom. The third-order valence-electron chi connectivity index (χ3n) is 3.68. The molecule has 5 nitrogen and oxygen atoms in total. The highest BCUT2D eigenvalue weighted by Gasteiger charge is 2.34. The molecule has 2 amide bonds. The molecular formula is C14H27N3O2. The van der Waals surface area contributed by atoms with Gasteiger partial charge in [0.05, 0.1) is 6.04 Å². The van der Waals surface area contributed by atoms with Crippen LogP contribution in [0.25, 0.3) is 0 Å². The van der Waals surface area contributed by atoms with Gasteiger partial charge in [0.25, 0.3) is 0 Å². The Bertz CT molecular complexity index is 331. The maximum atomic E-state index is 12.4. The molecule has 0 aromatic carbocycles. The molecule has 1 fully saturated rings. The lowest BCUT2D eigenvalue weighted by atomic mass is 10.0. The average molecular weight is 269 g/mol. The van der Waals surface area contributed by atoms with E-state index in [9.17, 15) is 9.59 Å². The van der Waals surface area contributed by atoms with Crippen molar-refractivity contribution in [2.24, 2.45) is 0 Å². The van der Waals surface area contributed by atoms with E-state index in [0.29, 0.717) is 13.1 Å². The number of likely N-dealkylation sites (N-methyl/N-ethyl adjacent to an activating group) is 1. The van der Waals surface area contributed by atoms with Gasteiger partial charge in [0.15, 0.2) is 0 Å². The first-order valence-electron chi connectivity index (χ1n) is 7.20. The van der Waals surface area contributed by atoms with Crippen LogP contribution >= 0.6 is 0 Å². The lowest BCUT2D eigenvalue weighted by Gasteiger charge is -2.37. The zero-order chi connectivity index (χ0) is 14.6. The number of piperidine rings is 1. The van der Waals surface area contributed by atoms with E-state index in [-0.39, 0.29) is 29.9 Å². The second-order valence-electron chi connectivity index (χ2n) is 5.58. The molecule has 0 aromatic rings. The van der Waals surface area contributed by atoms with Crippen LogP contribution in [-0.2, 0) is 9.59 Å². The summed E-state index contributed by atoms with van der Waals surface area (Å²) in [6, 6.07) is -0.233. The van der Waals surface area contributed by atoms with Crippen LogP contribution in [0.4, 0.5) is 0 Å². The van der Waals surface area contributed by atoms with Gasteiger partial charge in [-0.25, -0.2) is 0 Å². The van der Waals surface area contributed by atoms with Gasteiger partial charge in [-0.2, -0.15) is 0 Å². The smallest absolute Gasteiger partial charge is 0.244 e. The Morgan fingerprint density at radius 1 is 1.47 bits per heavy atom. The van der Waals surface area contributed by atoms with Crippen molar-refractivity contribution in [2.45, 2.75) is 58.7 Å². The summed E-state index contributed by atoms with van der Waals surface area (Å²) in [5.41, 5.74) is 0. The fraction of sp³-hybridized carbons (Fsp3) is 0.857. The van der Waals surface area contributed by atoms with E-state index in [1.165, 1.54) is 0 Å². The fourth-order valence-corrected chi connectivity index (χ4v) is 2.45. The van der Waals surface area contributed by atoms with Crippen molar-refractivity contribution in [1.82, 2.24) is 15.1 Å². The van der Waals surface area contributed by atoms with E-state index in [0.717, 1.165) is 12.8 Å². The van der Waals surface area contributed by atoms with Crippen LogP contribution in [0, 0.1) is 0 Å². The Kier molecular flexibility index (Phi) is 5.79. The molecule has 2 atom stereocenters. The van der Waals surface area contributed by atoms with Gasteiger partial charge in [-0.15, -0.1) is 0 Å². The van der Waals surface area contributed by atoms with Gasteiger partial charge in [0.1, 0.15) is 6.04 Å². The summed E-state index contributed by atoms with van der Waals surface area (Å²) in [6.45, 7) is 9.17. The molecule has 1 aliphatic heterocycles. The second-order valence-corrected chi connectivity index (χ2v) is 5.58. The van der Waals surface area contributed by atoms with Crippen molar-refractivity contribution in [3.05, 3.63) is 0 Å². The lowest BCUT2D eigenvalue weighted by Crippen LogP contribution is -2.58. The molecule has 0 aliphatic carbocycles. The molecule has 0 radical (unpaired) electrons. The van der Waals surface area contributed by atoms with E-state index in [1.807, 2.05) is 27.7 Å². The van der Waals surface area contributed by atoms with Crippen molar-refractivity contribution >= 4 is 11.8 Å². The zero-order valence-electron chi connectivity index (χ0n) is 12.8. The molecule has 0 spiro atoms. The number of nitrogens with one attached hydrogen (secondary N) is 1. The molecule has 1 aliphatic rings. The first-order valence-corrected chi connectivity index (χ1v) is 7.20. The molecule has 0 saturated carbocycles. The molecular weight excluding hydrogens is 242 g/mol. The minimum Gasteiger partial charge on any atom is -0.344 e. The Morgan fingerprint density at radius 2 is 2.11 bits per heavy atom. The number of carbonyl (C=O) groups is 2. The quantitative estimate of drug-likeness (QED) is 0.805. The number of amides is 2. The Balaban J connectivity index is 2.71. The molecule has 110 valence electrons. The van der Waals surface area contributed by atoms with Gasteiger partial charge in [-0.05, 0) is 26.7 Å². The molecule has 1 rings (SSSR count). The van der Waals surface area contributed by atoms with E-state index < -0.39 is 0 Å². The lowest BCUT2D eigenvalue weighted by molar-refractivity contribution is -0.147. The maximum Gasteiger partial charge on any atom is 0.244 e. The van der Waals surface area contributed by atoms with Crippen LogP contribution in [-0.4, -0.2) is 59.9 Å². The first-order chi connectivity index (χ1) is 8.88. The van der Waals surface area contributed by atoms with Crippen LogP contribution < -0.4 is 5.32 Å². The number of rotatable bonds is 5. The number of hydrogen-bond acceptors (Lipinski definition) is 3. The van der Waals surface area contributed by atoms with E-state index in [1.54, 1.807) is 16.8 Å².